The number of nitrogens with zero attached hydrogens (tertiary/aromatic N) is 3. The number of benzene rings is 2. The monoisotopic (exact) mass is 482 g/mol. The van der Waals surface area contributed by atoms with Gasteiger partial charge in [0.05, 0.1) is 17.4 Å². The van der Waals surface area contributed by atoms with Crippen LogP contribution >= 0.6 is 0 Å². The highest BCUT2D eigenvalue weighted by atomic mass is 16.5. The molecule has 1 unspecified atom stereocenters. The van der Waals surface area contributed by atoms with Crippen LogP contribution in [0.2, 0.25) is 0 Å². The van der Waals surface area contributed by atoms with Gasteiger partial charge in [-0.1, -0.05) is 30.3 Å². The number of pyridine rings is 1. The fraction of sp³-hybridized carbons (Fsp3) is 0.276. The first-order chi connectivity index (χ1) is 17.4. The van der Waals surface area contributed by atoms with Gasteiger partial charge in [0.1, 0.15) is 17.5 Å². The lowest BCUT2D eigenvalue weighted by atomic mass is 10.0. The minimum Gasteiger partial charge on any atom is -0.490 e. The average molecular weight is 483 g/mol. The summed E-state index contributed by atoms with van der Waals surface area (Å²) in [6, 6.07) is 20.8. The Bertz CT molecular complexity index is 1400. The fourth-order valence-electron chi connectivity index (χ4n) is 4.15. The van der Waals surface area contributed by atoms with Crippen molar-refractivity contribution in [2.24, 2.45) is 0 Å². The van der Waals surface area contributed by atoms with E-state index in [-0.39, 0.29) is 24.7 Å². The molecule has 0 radical (unpaired) electrons. The minimum absolute atomic E-state index is 0.0474. The van der Waals surface area contributed by atoms with Gasteiger partial charge in [-0.25, -0.2) is 4.98 Å². The van der Waals surface area contributed by atoms with Crippen LogP contribution in [0, 0.1) is 18.3 Å². The molecular weight excluding hydrogens is 452 g/mol. The van der Waals surface area contributed by atoms with Crippen LogP contribution in [0.1, 0.15) is 47.4 Å². The largest absolute Gasteiger partial charge is 0.490 e. The zero-order valence-electron chi connectivity index (χ0n) is 20.7. The molecule has 2 aromatic heterocycles. The zero-order valence-corrected chi connectivity index (χ0v) is 20.7. The molecule has 0 saturated heterocycles. The number of carbonyl (C=O) groups excluding carboxylic acids is 1. The molecule has 184 valence electrons. The number of fused-ring (bicyclic) bond motifs is 1. The van der Waals surface area contributed by atoms with E-state index in [4.69, 9.17) is 9.72 Å². The van der Waals surface area contributed by atoms with Crippen LogP contribution in [-0.4, -0.2) is 39.2 Å². The Kier molecular flexibility index (Phi) is 7.67. The summed E-state index contributed by atoms with van der Waals surface area (Å²) in [7, 11) is 0. The van der Waals surface area contributed by atoms with Gasteiger partial charge < -0.3 is 19.6 Å². The van der Waals surface area contributed by atoms with Gasteiger partial charge in [-0.15, -0.1) is 0 Å². The summed E-state index contributed by atoms with van der Waals surface area (Å²) in [6.45, 7) is 5.76. The predicted molar refractivity (Wildman–Crippen MR) is 139 cm³/mol. The van der Waals surface area contributed by atoms with Gasteiger partial charge in [0.15, 0.2) is 0 Å². The standard InChI is InChI=1S/C29H30N4O3/c1-19(2)36-27-12-11-23(16-24(27)17-30)29(35)31-25(13-14-34)15-21-7-9-22(10-8-21)26-18-33-20(3)5-4-6-28(33)32-26/h4-12,16,18-19,25,34H,13-15H2,1-3H3,(H,31,35). The number of amides is 1. The molecule has 2 N–H and O–H groups in total. The molecule has 7 nitrogen and oxygen atoms in total. The number of carbonyl (C=O) groups is 1. The summed E-state index contributed by atoms with van der Waals surface area (Å²) in [5, 5.41) is 22.0. The molecule has 1 amide bonds. The highest BCUT2D eigenvalue weighted by Crippen LogP contribution is 2.23. The molecular formula is C29H30N4O3. The van der Waals surface area contributed by atoms with E-state index in [9.17, 15) is 15.2 Å². The van der Waals surface area contributed by atoms with Crippen LogP contribution in [0.15, 0.2) is 66.9 Å². The Morgan fingerprint density at radius 3 is 2.61 bits per heavy atom. The lowest BCUT2D eigenvalue weighted by Gasteiger charge is -2.19. The summed E-state index contributed by atoms with van der Waals surface area (Å²) in [5.74, 6) is 0.162. The SMILES string of the molecule is Cc1cccc2nc(-c3ccc(CC(CCO)NC(=O)c4ccc(OC(C)C)c(C#N)c4)cc3)cn12. The van der Waals surface area contributed by atoms with E-state index in [2.05, 4.69) is 15.8 Å². The molecule has 0 spiro atoms. The Balaban J connectivity index is 1.46. The average Bonchev–Trinajstić information content (AvgIpc) is 3.30. The topological polar surface area (TPSA) is 99.7 Å². The first-order valence-corrected chi connectivity index (χ1v) is 12.0. The molecule has 2 aromatic carbocycles. The number of aryl methyl sites for hydroxylation is 1. The van der Waals surface area contributed by atoms with Crippen molar-refractivity contribution in [3.63, 3.8) is 0 Å². The van der Waals surface area contributed by atoms with Crippen molar-refractivity contribution in [3.8, 4) is 23.1 Å². The van der Waals surface area contributed by atoms with E-state index >= 15 is 0 Å². The molecule has 0 fully saturated rings. The van der Waals surface area contributed by atoms with E-state index in [1.807, 2.05) is 69.4 Å². The number of aliphatic hydroxyl groups excluding tert-OH is 1. The Hall–Kier alpha value is -4.15. The van der Waals surface area contributed by atoms with E-state index < -0.39 is 0 Å². The van der Waals surface area contributed by atoms with E-state index in [0.717, 1.165) is 28.2 Å². The van der Waals surface area contributed by atoms with Crippen LogP contribution in [0.25, 0.3) is 16.9 Å². The maximum Gasteiger partial charge on any atom is 0.251 e. The highest BCUT2D eigenvalue weighted by molar-refractivity contribution is 5.95. The van der Waals surface area contributed by atoms with Gasteiger partial charge >= 0.3 is 0 Å². The van der Waals surface area contributed by atoms with Crippen molar-refractivity contribution >= 4 is 11.6 Å². The molecule has 0 saturated carbocycles. The van der Waals surface area contributed by atoms with Gasteiger partial charge in [0.25, 0.3) is 5.91 Å². The molecule has 0 bridgehead atoms. The number of aromatic nitrogens is 2. The summed E-state index contributed by atoms with van der Waals surface area (Å²) in [4.78, 5) is 17.6. The Labute approximate surface area is 211 Å². The van der Waals surface area contributed by atoms with Gasteiger partial charge in [0, 0.05) is 35.7 Å². The molecule has 7 heteroatoms. The van der Waals surface area contributed by atoms with Crippen molar-refractivity contribution < 1.29 is 14.6 Å². The number of nitrogens with one attached hydrogen (secondary N) is 1. The van der Waals surface area contributed by atoms with E-state index in [1.54, 1.807) is 12.1 Å². The quantitative estimate of drug-likeness (QED) is 0.360. The second-order valence-corrected chi connectivity index (χ2v) is 9.09. The predicted octanol–water partition coefficient (Wildman–Crippen LogP) is 4.69. The van der Waals surface area contributed by atoms with Crippen molar-refractivity contribution in [1.82, 2.24) is 14.7 Å². The summed E-state index contributed by atoms with van der Waals surface area (Å²) >= 11 is 0. The minimum atomic E-state index is -0.294. The van der Waals surface area contributed by atoms with Crippen molar-refractivity contribution in [1.29, 1.82) is 5.26 Å². The fourth-order valence-corrected chi connectivity index (χ4v) is 4.15. The molecule has 1 atom stereocenters. The first-order valence-electron chi connectivity index (χ1n) is 12.0. The molecule has 0 aliphatic heterocycles. The van der Waals surface area contributed by atoms with Crippen molar-refractivity contribution in [2.75, 3.05) is 6.61 Å². The van der Waals surface area contributed by atoms with Crippen LogP contribution in [-0.2, 0) is 6.42 Å². The van der Waals surface area contributed by atoms with E-state index in [0.29, 0.717) is 29.7 Å². The van der Waals surface area contributed by atoms with Crippen molar-refractivity contribution in [2.45, 2.75) is 45.8 Å². The summed E-state index contributed by atoms with van der Waals surface area (Å²) in [6.07, 6.45) is 2.94. The number of aliphatic hydroxyl groups is 1. The number of ether oxygens (including phenoxy) is 1. The molecule has 4 rings (SSSR count). The third-order valence-electron chi connectivity index (χ3n) is 5.97. The number of hydrogen-bond donors (Lipinski definition) is 2. The highest BCUT2D eigenvalue weighted by Gasteiger charge is 2.17. The smallest absolute Gasteiger partial charge is 0.251 e. The summed E-state index contributed by atoms with van der Waals surface area (Å²) in [5.41, 5.74) is 5.66. The third kappa shape index (κ3) is 5.73. The maximum atomic E-state index is 12.9. The molecule has 36 heavy (non-hydrogen) atoms. The first kappa shape index (κ1) is 25.0. The van der Waals surface area contributed by atoms with Crippen molar-refractivity contribution in [3.05, 3.63) is 89.2 Å². The summed E-state index contributed by atoms with van der Waals surface area (Å²) < 4.78 is 7.71. The molecule has 4 aromatic rings. The number of nitriles is 1. The van der Waals surface area contributed by atoms with Crippen LogP contribution < -0.4 is 10.1 Å². The zero-order chi connectivity index (χ0) is 25.7. The van der Waals surface area contributed by atoms with Crippen LogP contribution in [0.3, 0.4) is 0 Å². The molecule has 0 aliphatic rings. The number of hydrogen-bond acceptors (Lipinski definition) is 5. The van der Waals surface area contributed by atoms with E-state index in [1.165, 1.54) is 6.07 Å². The second-order valence-electron chi connectivity index (χ2n) is 9.09. The van der Waals surface area contributed by atoms with Gasteiger partial charge in [-0.3, -0.25) is 4.79 Å². The van der Waals surface area contributed by atoms with Crippen LogP contribution in [0.5, 0.6) is 5.75 Å². The Morgan fingerprint density at radius 2 is 1.94 bits per heavy atom. The normalized spacial score (nSPS) is 11.9. The van der Waals surface area contributed by atoms with Gasteiger partial charge in [-0.2, -0.15) is 5.26 Å². The lowest BCUT2D eigenvalue weighted by Crippen LogP contribution is -2.37. The van der Waals surface area contributed by atoms with Gasteiger partial charge in [-0.05, 0) is 69.5 Å². The maximum absolute atomic E-state index is 12.9. The van der Waals surface area contributed by atoms with Gasteiger partial charge in [0.2, 0.25) is 0 Å². The third-order valence-corrected chi connectivity index (χ3v) is 5.97. The number of imidazole rings is 1. The lowest BCUT2D eigenvalue weighted by molar-refractivity contribution is 0.0930. The Morgan fingerprint density at radius 1 is 1.17 bits per heavy atom. The van der Waals surface area contributed by atoms with Crippen LogP contribution in [0.4, 0.5) is 0 Å². The molecule has 0 aliphatic carbocycles. The number of rotatable bonds is 9. The molecule has 2 heterocycles. The second kappa shape index (κ2) is 11.1.